The number of rotatable bonds is 5. The van der Waals surface area contributed by atoms with Crippen LogP contribution in [-0.4, -0.2) is 31.1 Å². The van der Waals surface area contributed by atoms with Gasteiger partial charge in [0, 0.05) is 31.5 Å². The molecule has 0 aliphatic carbocycles. The molecule has 2 amide bonds. The molecule has 1 heterocycles. The van der Waals surface area contributed by atoms with E-state index in [2.05, 4.69) is 15.8 Å². The largest absolute Gasteiger partial charge is 0.378 e. The molecule has 2 rings (SSSR count). The molecular weight excluding hydrogens is 308 g/mol. The van der Waals surface area contributed by atoms with Crippen LogP contribution in [0.5, 0.6) is 0 Å². The van der Waals surface area contributed by atoms with Crippen molar-refractivity contribution in [1.82, 2.24) is 10.5 Å². The summed E-state index contributed by atoms with van der Waals surface area (Å²) in [6.07, 6.45) is 0.750. The summed E-state index contributed by atoms with van der Waals surface area (Å²) in [6.45, 7) is 3.96. The summed E-state index contributed by atoms with van der Waals surface area (Å²) in [5.41, 5.74) is 3.31. The number of carbonyl (C=O) groups excluding carboxylic acids is 2. The molecule has 0 unspecified atom stereocenters. The number of amides is 2. The lowest BCUT2D eigenvalue weighted by molar-refractivity contribution is -0.136. The van der Waals surface area contributed by atoms with E-state index in [0.717, 1.165) is 23.4 Å². The lowest BCUT2D eigenvalue weighted by Crippen LogP contribution is -2.35. The van der Waals surface area contributed by atoms with E-state index in [0.29, 0.717) is 11.4 Å². The van der Waals surface area contributed by atoms with Crippen LogP contribution in [0.2, 0.25) is 0 Å². The fourth-order valence-corrected chi connectivity index (χ4v) is 2.10. The Morgan fingerprint density at radius 2 is 1.96 bits per heavy atom. The molecule has 1 aromatic carbocycles. The van der Waals surface area contributed by atoms with E-state index in [-0.39, 0.29) is 6.54 Å². The Balaban J connectivity index is 1.92. The molecule has 0 fully saturated rings. The van der Waals surface area contributed by atoms with Gasteiger partial charge < -0.3 is 20.1 Å². The van der Waals surface area contributed by atoms with E-state index in [1.165, 1.54) is 0 Å². The molecule has 0 spiro atoms. The second kappa shape index (κ2) is 7.63. The van der Waals surface area contributed by atoms with Crippen LogP contribution in [0.4, 0.5) is 11.4 Å². The minimum absolute atomic E-state index is 0.123. The third-order valence-corrected chi connectivity index (χ3v) is 3.57. The Morgan fingerprint density at radius 1 is 1.21 bits per heavy atom. The molecule has 7 heteroatoms. The third kappa shape index (κ3) is 4.34. The van der Waals surface area contributed by atoms with Gasteiger partial charge in [0.15, 0.2) is 5.76 Å². The van der Waals surface area contributed by atoms with Crippen molar-refractivity contribution in [2.75, 3.05) is 24.3 Å². The quantitative estimate of drug-likeness (QED) is 0.817. The zero-order valence-corrected chi connectivity index (χ0v) is 14.3. The number of nitrogens with zero attached hydrogens (tertiary/aromatic N) is 2. The van der Waals surface area contributed by atoms with Crippen LogP contribution in [0, 0.1) is 6.92 Å². The first kappa shape index (κ1) is 17.5. The van der Waals surface area contributed by atoms with Gasteiger partial charge in [0.25, 0.3) is 0 Å². The lowest BCUT2D eigenvalue weighted by Gasteiger charge is -2.15. The summed E-state index contributed by atoms with van der Waals surface area (Å²) in [7, 11) is 3.88. The highest BCUT2D eigenvalue weighted by molar-refractivity contribution is 6.39. The van der Waals surface area contributed by atoms with Crippen molar-refractivity contribution in [3.63, 3.8) is 0 Å². The normalized spacial score (nSPS) is 10.3. The Morgan fingerprint density at radius 3 is 2.54 bits per heavy atom. The molecule has 2 aromatic rings. The number of aromatic nitrogens is 1. The molecule has 1 aromatic heterocycles. The fraction of sp³-hybridized carbons (Fsp3) is 0.353. The molecule has 0 aliphatic rings. The minimum atomic E-state index is -0.722. The van der Waals surface area contributed by atoms with Gasteiger partial charge in [-0.1, -0.05) is 12.1 Å². The smallest absolute Gasteiger partial charge is 0.313 e. The fourth-order valence-electron chi connectivity index (χ4n) is 2.10. The zero-order valence-electron chi connectivity index (χ0n) is 14.3. The number of carbonyl (C=O) groups is 2. The molecule has 2 N–H and O–H groups in total. The molecule has 128 valence electrons. The van der Waals surface area contributed by atoms with E-state index in [9.17, 15) is 9.59 Å². The van der Waals surface area contributed by atoms with Crippen molar-refractivity contribution in [3.8, 4) is 0 Å². The Kier molecular flexibility index (Phi) is 5.57. The van der Waals surface area contributed by atoms with Crippen molar-refractivity contribution < 1.29 is 14.1 Å². The van der Waals surface area contributed by atoms with E-state index >= 15 is 0 Å². The van der Waals surface area contributed by atoms with Crippen molar-refractivity contribution in [3.05, 3.63) is 41.3 Å². The van der Waals surface area contributed by atoms with Gasteiger partial charge in [-0.25, -0.2) is 0 Å². The van der Waals surface area contributed by atoms with Crippen LogP contribution < -0.4 is 15.5 Å². The number of aryl methyl sites for hydroxylation is 2. The van der Waals surface area contributed by atoms with Crippen molar-refractivity contribution in [2.24, 2.45) is 0 Å². The van der Waals surface area contributed by atoms with Crippen LogP contribution in [-0.2, 0) is 22.6 Å². The maximum atomic E-state index is 12.0. The van der Waals surface area contributed by atoms with Gasteiger partial charge in [0.1, 0.15) is 0 Å². The van der Waals surface area contributed by atoms with Crippen molar-refractivity contribution in [2.45, 2.75) is 26.8 Å². The predicted molar refractivity (Wildman–Crippen MR) is 91.9 cm³/mol. The Labute approximate surface area is 141 Å². The molecule has 0 radical (unpaired) electrons. The van der Waals surface area contributed by atoms with E-state index in [1.807, 2.05) is 45.0 Å². The summed E-state index contributed by atoms with van der Waals surface area (Å²) in [4.78, 5) is 25.8. The van der Waals surface area contributed by atoms with Crippen LogP contribution in [0.1, 0.15) is 23.9 Å². The first-order valence-corrected chi connectivity index (χ1v) is 7.72. The van der Waals surface area contributed by atoms with Gasteiger partial charge in [-0.3, -0.25) is 9.59 Å². The molecular formula is C17H22N4O3. The van der Waals surface area contributed by atoms with Crippen LogP contribution in [0.15, 0.2) is 28.8 Å². The maximum Gasteiger partial charge on any atom is 0.313 e. The van der Waals surface area contributed by atoms with Crippen LogP contribution in [0.3, 0.4) is 0 Å². The second-order valence-electron chi connectivity index (χ2n) is 5.67. The third-order valence-electron chi connectivity index (χ3n) is 3.57. The standard InChI is InChI=1S/C17H22N4O3/c1-5-12-9-14(24-20-12)10-18-16(22)17(23)19-15-7-6-13(21(3)4)8-11(15)2/h6-9H,5,10H2,1-4H3,(H,18,22)(H,19,23). The van der Waals surface area contributed by atoms with Crippen LogP contribution in [0.25, 0.3) is 0 Å². The molecule has 0 saturated heterocycles. The van der Waals surface area contributed by atoms with Crippen molar-refractivity contribution in [1.29, 1.82) is 0 Å². The average molecular weight is 330 g/mol. The van der Waals surface area contributed by atoms with Gasteiger partial charge >= 0.3 is 11.8 Å². The van der Waals surface area contributed by atoms with Gasteiger partial charge in [-0.05, 0) is 37.1 Å². The van der Waals surface area contributed by atoms with E-state index in [4.69, 9.17) is 4.52 Å². The lowest BCUT2D eigenvalue weighted by atomic mass is 10.1. The molecule has 0 bridgehead atoms. The van der Waals surface area contributed by atoms with E-state index in [1.54, 1.807) is 12.1 Å². The predicted octanol–water partition coefficient (Wildman–Crippen LogP) is 1.87. The summed E-state index contributed by atoms with van der Waals surface area (Å²) in [5, 5.41) is 8.95. The topological polar surface area (TPSA) is 87.5 Å². The summed E-state index contributed by atoms with van der Waals surface area (Å²) < 4.78 is 5.06. The van der Waals surface area contributed by atoms with Gasteiger partial charge in [0.2, 0.25) is 0 Å². The molecule has 24 heavy (non-hydrogen) atoms. The monoisotopic (exact) mass is 330 g/mol. The highest BCUT2D eigenvalue weighted by Gasteiger charge is 2.15. The zero-order chi connectivity index (χ0) is 17.7. The number of benzene rings is 1. The first-order valence-electron chi connectivity index (χ1n) is 7.72. The van der Waals surface area contributed by atoms with Gasteiger partial charge in [0.05, 0.1) is 12.2 Å². The maximum absolute atomic E-state index is 12.0. The van der Waals surface area contributed by atoms with Crippen LogP contribution >= 0.6 is 0 Å². The second-order valence-corrected chi connectivity index (χ2v) is 5.67. The molecule has 0 aliphatic heterocycles. The SMILES string of the molecule is CCc1cc(CNC(=O)C(=O)Nc2ccc(N(C)C)cc2C)on1. The number of hydrogen-bond donors (Lipinski definition) is 2. The summed E-state index contributed by atoms with van der Waals surface area (Å²) in [5.74, 6) is -0.925. The number of hydrogen-bond acceptors (Lipinski definition) is 5. The van der Waals surface area contributed by atoms with Gasteiger partial charge in [-0.2, -0.15) is 0 Å². The Hall–Kier alpha value is -2.83. The number of nitrogens with one attached hydrogen (secondary N) is 2. The highest BCUT2D eigenvalue weighted by atomic mass is 16.5. The average Bonchev–Trinajstić information content (AvgIpc) is 3.02. The summed E-state index contributed by atoms with van der Waals surface area (Å²) in [6, 6.07) is 7.34. The van der Waals surface area contributed by atoms with Crippen molar-refractivity contribution >= 4 is 23.2 Å². The van der Waals surface area contributed by atoms with Gasteiger partial charge in [-0.15, -0.1) is 0 Å². The minimum Gasteiger partial charge on any atom is -0.378 e. The first-order chi connectivity index (χ1) is 11.4. The van der Waals surface area contributed by atoms with E-state index < -0.39 is 11.8 Å². The number of anilines is 2. The Bertz CT molecular complexity index is 737. The molecule has 0 saturated carbocycles. The summed E-state index contributed by atoms with van der Waals surface area (Å²) >= 11 is 0. The molecule has 7 nitrogen and oxygen atoms in total. The molecule has 0 atom stereocenters. The highest BCUT2D eigenvalue weighted by Crippen LogP contribution is 2.21.